The maximum atomic E-state index is 5.80. The van der Waals surface area contributed by atoms with Gasteiger partial charge in [-0.25, -0.2) is 0 Å². The Hall–Kier alpha value is -1.34. The van der Waals surface area contributed by atoms with Crippen molar-refractivity contribution in [1.29, 1.82) is 0 Å². The third-order valence-corrected chi connectivity index (χ3v) is 3.47. The average Bonchev–Trinajstić information content (AvgIpc) is 2.31. The predicted molar refractivity (Wildman–Crippen MR) is 76.4 cm³/mol. The van der Waals surface area contributed by atoms with Crippen LogP contribution in [0.1, 0.15) is 24.0 Å². The van der Waals surface area contributed by atoms with E-state index in [4.69, 9.17) is 4.74 Å². The Morgan fingerprint density at radius 1 is 1.50 bits per heavy atom. The van der Waals surface area contributed by atoms with E-state index in [9.17, 15) is 0 Å². The van der Waals surface area contributed by atoms with Crippen LogP contribution in [0.3, 0.4) is 0 Å². The van der Waals surface area contributed by atoms with Crippen molar-refractivity contribution in [2.24, 2.45) is 11.8 Å². The molecule has 1 nitrogen and oxygen atoms in total. The highest BCUT2D eigenvalue weighted by Crippen LogP contribution is 2.25. The van der Waals surface area contributed by atoms with E-state index in [-0.39, 0.29) is 0 Å². The Morgan fingerprint density at radius 2 is 2.33 bits per heavy atom. The van der Waals surface area contributed by atoms with Gasteiger partial charge in [-0.3, -0.25) is 0 Å². The standard InChI is InChI=1S/C17H22O/c1-3-15(11-16-7-5-8-16)12-18-13-17-9-4-6-14(2)10-17/h3-7,9-10,15-16H,1,8,11-13H2,2H3. The Labute approximate surface area is 110 Å². The molecule has 2 unspecified atom stereocenters. The fourth-order valence-electron chi connectivity index (χ4n) is 2.25. The van der Waals surface area contributed by atoms with Crippen LogP contribution in [0.15, 0.2) is 49.1 Å². The van der Waals surface area contributed by atoms with E-state index in [0.717, 1.165) is 12.5 Å². The number of aryl methyl sites for hydroxylation is 1. The molecule has 2 rings (SSSR count). The molecule has 18 heavy (non-hydrogen) atoms. The summed E-state index contributed by atoms with van der Waals surface area (Å²) in [5.74, 6) is 1.22. The van der Waals surface area contributed by atoms with E-state index in [0.29, 0.717) is 12.5 Å². The molecule has 2 atom stereocenters. The van der Waals surface area contributed by atoms with Crippen LogP contribution in [-0.4, -0.2) is 6.61 Å². The topological polar surface area (TPSA) is 9.23 Å². The van der Waals surface area contributed by atoms with Crippen LogP contribution >= 0.6 is 0 Å². The van der Waals surface area contributed by atoms with E-state index in [2.05, 4.69) is 49.9 Å². The molecule has 0 amide bonds. The molecule has 1 heteroatoms. The summed E-state index contributed by atoms with van der Waals surface area (Å²) in [6.07, 6.45) is 8.95. The van der Waals surface area contributed by atoms with E-state index in [1.165, 1.54) is 24.0 Å². The summed E-state index contributed by atoms with van der Waals surface area (Å²) in [5, 5.41) is 0. The van der Waals surface area contributed by atoms with Gasteiger partial charge in [0.2, 0.25) is 0 Å². The second-order valence-corrected chi connectivity index (χ2v) is 5.16. The number of hydrogen-bond acceptors (Lipinski definition) is 1. The predicted octanol–water partition coefficient (Wildman–Crippen LogP) is 4.28. The monoisotopic (exact) mass is 242 g/mol. The zero-order valence-electron chi connectivity index (χ0n) is 11.1. The summed E-state index contributed by atoms with van der Waals surface area (Å²) in [7, 11) is 0. The highest BCUT2D eigenvalue weighted by Gasteiger charge is 2.15. The summed E-state index contributed by atoms with van der Waals surface area (Å²) in [5.41, 5.74) is 2.54. The van der Waals surface area contributed by atoms with Crippen LogP contribution < -0.4 is 0 Å². The van der Waals surface area contributed by atoms with Gasteiger partial charge < -0.3 is 4.74 Å². The molecule has 0 radical (unpaired) electrons. The first kappa shape index (κ1) is 13.1. The molecule has 1 aliphatic rings. The highest BCUT2D eigenvalue weighted by atomic mass is 16.5. The molecule has 0 spiro atoms. The normalized spacial score (nSPS) is 19.3. The third kappa shape index (κ3) is 3.85. The molecule has 96 valence electrons. The van der Waals surface area contributed by atoms with Gasteiger partial charge in [0.05, 0.1) is 13.2 Å². The number of hydrogen-bond donors (Lipinski definition) is 0. The van der Waals surface area contributed by atoms with Crippen molar-refractivity contribution in [3.05, 3.63) is 60.2 Å². The van der Waals surface area contributed by atoms with E-state index < -0.39 is 0 Å². The van der Waals surface area contributed by atoms with Gasteiger partial charge in [0.1, 0.15) is 0 Å². The van der Waals surface area contributed by atoms with Crippen LogP contribution in [0.5, 0.6) is 0 Å². The van der Waals surface area contributed by atoms with Crippen LogP contribution in [0.4, 0.5) is 0 Å². The van der Waals surface area contributed by atoms with Gasteiger partial charge in [-0.1, -0.05) is 48.1 Å². The number of allylic oxidation sites excluding steroid dienone is 2. The fourth-order valence-corrected chi connectivity index (χ4v) is 2.25. The smallest absolute Gasteiger partial charge is 0.0717 e. The number of ether oxygens (including phenoxy) is 1. The van der Waals surface area contributed by atoms with Gasteiger partial charge in [-0.2, -0.15) is 0 Å². The molecule has 0 bridgehead atoms. The molecule has 1 aromatic rings. The van der Waals surface area contributed by atoms with Gasteiger partial charge >= 0.3 is 0 Å². The minimum atomic E-state index is 0.477. The Balaban J connectivity index is 1.72. The summed E-state index contributed by atoms with van der Waals surface area (Å²) in [6.45, 7) is 7.50. The zero-order valence-corrected chi connectivity index (χ0v) is 11.1. The van der Waals surface area contributed by atoms with Crippen molar-refractivity contribution in [1.82, 2.24) is 0 Å². The molecule has 0 heterocycles. The minimum absolute atomic E-state index is 0.477. The molecule has 0 saturated heterocycles. The van der Waals surface area contributed by atoms with E-state index >= 15 is 0 Å². The van der Waals surface area contributed by atoms with E-state index in [1.807, 2.05) is 6.08 Å². The SMILES string of the molecule is C=CC(COCc1cccc(C)c1)CC1C=CC1. The molecule has 1 aromatic carbocycles. The van der Waals surface area contributed by atoms with Crippen LogP contribution in [0.2, 0.25) is 0 Å². The average molecular weight is 242 g/mol. The van der Waals surface area contributed by atoms with Gasteiger partial charge in [-0.15, -0.1) is 6.58 Å². The molecular formula is C17H22O. The summed E-state index contributed by atoms with van der Waals surface area (Å²) in [4.78, 5) is 0. The van der Waals surface area contributed by atoms with Crippen molar-refractivity contribution in [2.45, 2.75) is 26.4 Å². The molecule has 1 aliphatic carbocycles. The first-order valence-electron chi connectivity index (χ1n) is 6.70. The maximum Gasteiger partial charge on any atom is 0.0717 e. The van der Waals surface area contributed by atoms with Crippen LogP contribution in [0, 0.1) is 18.8 Å². The highest BCUT2D eigenvalue weighted by molar-refractivity contribution is 5.21. The van der Waals surface area contributed by atoms with Crippen molar-refractivity contribution < 1.29 is 4.74 Å². The quantitative estimate of drug-likeness (QED) is 0.648. The molecule has 0 saturated carbocycles. The van der Waals surface area contributed by atoms with Gasteiger partial charge in [0.25, 0.3) is 0 Å². The molecule has 0 N–H and O–H groups in total. The third-order valence-electron chi connectivity index (χ3n) is 3.47. The lowest BCUT2D eigenvalue weighted by atomic mass is 9.86. The Morgan fingerprint density at radius 3 is 2.94 bits per heavy atom. The van der Waals surface area contributed by atoms with Crippen molar-refractivity contribution in [2.75, 3.05) is 6.61 Å². The van der Waals surface area contributed by atoms with Crippen LogP contribution in [-0.2, 0) is 11.3 Å². The second kappa shape index (κ2) is 6.55. The van der Waals surface area contributed by atoms with Crippen molar-refractivity contribution in [3.63, 3.8) is 0 Å². The minimum Gasteiger partial charge on any atom is -0.376 e. The largest absolute Gasteiger partial charge is 0.376 e. The zero-order chi connectivity index (χ0) is 12.8. The second-order valence-electron chi connectivity index (χ2n) is 5.16. The molecule has 0 fully saturated rings. The van der Waals surface area contributed by atoms with Crippen molar-refractivity contribution >= 4 is 0 Å². The summed E-state index contributed by atoms with van der Waals surface area (Å²) < 4.78 is 5.80. The molecular weight excluding hydrogens is 220 g/mol. The number of benzene rings is 1. The lowest BCUT2D eigenvalue weighted by Gasteiger charge is -2.22. The van der Waals surface area contributed by atoms with Gasteiger partial charge in [0.15, 0.2) is 0 Å². The van der Waals surface area contributed by atoms with E-state index in [1.54, 1.807) is 0 Å². The Kier molecular flexibility index (Phi) is 4.77. The van der Waals surface area contributed by atoms with Crippen molar-refractivity contribution in [3.8, 4) is 0 Å². The summed E-state index contributed by atoms with van der Waals surface area (Å²) in [6, 6.07) is 8.49. The number of rotatable bonds is 7. The van der Waals surface area contributed by atoms with Crippen LogP contribution in [0.25, 0.3) is 0 Å². The lowest BCUT2D eigenvalue weighted by molar-refractivity contribution is 0.0937. The fraction of sp³-hybridized carbons (Fsp3) is 0.412. The maximum absolute atomic E-state index is 5.80. The lowest BCUT2D eigenvalue weighted by Crippen LogP contribution is -2.14. The molecule has 0 aromatic heterocycles. The van der Waals surface area contributed by atoms with Gasteiger partial charge in [0, 0.05) is 5.92 Å². The first-order chi connectivity index (χ1) is 8.78. The summed E-state index contributed by atoms with van der Waals surface area (Å²) >= 11 is 0. The first-order valence-corrected chi connectivity index (χ1v) is 6.70. The van der Waals surface area contributed by atoms with Gasteiger partial charge in [-0.05, 0) is 31.2 Å². The Bertz CT molecular complexity index is 419. The molecule has 0 aliphatic heterocycles.